The van der Waals surface area contributed by atoms with Crippen molar-refractivity contribution in [2.45, 2.75) is 13.8 Å². The quantitative estimate of drug-likeness (QED) is 0.449. The van der Waals surface area contributed by atoms with E-state index in [2.05, 4.69) is 10.9 Å². The molecule has 4 rings (SSSR count). The first-order valence-corrected chi connectivity index (χ1v) is 10.2. The van der Waals surface area contributed by atoms with Gasteiger partial charge in [-0.05, 0) is 38.1 Å². The van der Waals surface area contributed by atoms with Crippen LogP contribution in [-0.4, -0.2) is 40.5 Å². The predicted octanol–water partition coefficient (Wildman–Crippen LogP) is 3.86. The number of carbonyl (C=O) groups excluding carboxylic acids is 3. The summed E-state index contributed by atoms with van der Waals surface area (Å²) < 4.78 is 13.0. The molecule has 4 aromatic rings. The van der Waals surface area contributed by atoms with Crippen molar-refractivity contribution in [2.75, 3.05) is 24.1 Å². The zero-order valence-corrected chi connectivity index (χ0v) is 17.6. The molecule has 0 bridgehead atoms. The van der Waals surface area contributed by atoms with Gasteiger partial charge in [-0.2, -0.15) is 0 Å². The fraction of sp³-hybridized carbons (Fsp3) is 0.174. The van der Waals surface area contributed by atoms with Crippen LogP contribution in [0.5, 0.6) is 0 Å². The Morgan fingerprint density at radius 3 is 1.53 bits per heavy atom. The molecule has 32 heavy (non-hydrogen) atoms. The highest BCUT2D eigenvalue weighted by atomic mass is 16.5. The van der Waals surface area contributed by atoms with Gasteiger partial charge in [0, 0.05) is 10.8 Å². The van der Waals surface area contributed by atoms with Crippen molar-refractivity contribution in [2.24, 2.45) is 0 Å². The van der Waals surface area contributed by atoms with Crippen molar-refractivity contribution >= 4 is 39.8 Å². The van der Waals surface area contributed by atoms with Gasteiger partial charge in [0.2, 0.25) is 0 Å². The predicted molar refractivity (Wildman–Crippen MR) is 120 cm³/mol. The van der Waals surface area contributed by atoms with E-state index in [4.69, 9.17) is 9.47 Å². The molecule has 0 unspecified atom stereocenters. The van der Waals surface area contributed by atoms with E-state index in [-0.39, 0.29) is 24.6 Å². The average molecular weight is 434 g/mol. The first kappa shape index (κ1) is 21.0. The summed E-state index contributed by atoms with van der Waals surface area (Å²) in [6.45, 7) is 3.81. The first-order chi connectivity index (χ1) is 15.5. The number of hydrogen-bond acceptors (Lipinski definition) is 5. The van der Waals surface area contributed by atoms with E-state index in [1.807, 2.05) is 24.3 Å². The van der Waals surface area contributed by atoms with E-state index >= 15 is 0 Å². The van der Waals surface area contributed by atoms with Crippen molar-refractivity contribution in [3.8, 4) is 0 Å². The van der Waals surface area contributed by atoms with E-state index in [1.165, 1.54) is 9.35 Å². The molecule has 2 N–H and O–H groups in total. The van der Waals surface area contributed by atoms with Gasteiger partial charge in [-0.1, -0.05) is 36.4 Å². The van der Waals surface area contributed by atoms with Crippen LogP contribution in [0.2, 0.25) is 0 Å². The van der Waals surface area contributed by atoms with Gasteiger partial charge in [-0.3, -0.25) is 0 Å². The van der Waals surface area contributed by atoms with Gasteiger partial charge in [0.15, 0.2) is 0 Å². The number of nitrogens with one attached hydrogen (secondary N) is 2. The zero-order valence-electron chi connectivity index (χ0n) is 17.6. The Labute approximate surface area is 183 Å². The fourth-order valence-corrected chi connectivity index (χ4v) is 3.49. The summed E-state index contributed by atoms with van der Waals surface area (Å²) in [6, 6.07) is 17.1. The molecular weight excluding hydrogens is 412 g/mol. The third-order valence-corrected chi connectivity index (χ3v) is 4.82. The Hall–Kier alpha value is -4.27. The Bertz CT molecular complexity index is 1220. The maximum atomic E-state index is 13.0. The van der Waals surface area contributed by atoms with E-state index in [0.717, 1.165) is 10.8 Å². The molecular formula is C23H22N4O5. The van der Waals surface area contributed by atoms with Gasteiger partial charge in [0.1, 0.15) is 11.4 Å². The van der Waals surface area contributed by atoms with E-state index < -0.39 is 18.0 Å². The number of urea groups is 1. The molecule has 9 heteroatoms. The molecule has 0 spiro atoms. The normalized spacial score (nSPS) is 10.8. The zero-order chi connectivity index (χ0) is 22.7. The van der Waals surface area contributed by atoms with Crippen LogP contribution < -0.4 is 10.9 Å². The van der Waals surface area contributed by atoms with Crippen LogP contribution in [0.1, 0.15) is 34.8 Å². The smallest absolute Gasteiger partial charge is 0.356 e. The van der Waals surface area contributed by atoms with Gasteiger partial charge < -0.3 is 9.47 Å². The number of ether oxygens (including phenoxy) is 2. The summed E-state index contributed by atoms with van der Waals surface area (Å²) in [4.78, 5) is 37.8. The number of esters is 2. The molecule has 0 aliphatic rings. The number of rotatable bonds is 6. The van der Waals surface area contributed by atoms with E-state index in [0.29, 0.717) is 11.0 Å². The van der Waals surface area contributed by atoms with Crippen LogP contribution >= 0.6 is 0 Å². The van der Waals surface area contributed by atoms with Crippen LogP contribution in [0, 0.1) is 0 Å². The maximum absolute atomic E-state index is 13.0. The summed E-state index contributed by atoms with van der Waals surface area (Å²) >= 11 is 0. The highest BCUT2D eigenvalue weighted by molar-refractivity contribution is 6.01. The molecule has 0 saturated heterocycles. The van der Waals surface area contributed by atoms with Gasteiger partial charge in [0.05, 0.1) is 24.2 Å². The third-order valence-electron chi connectivity index (χ3n) is 4.82. The van der Waals surface area contributed by atoms with Crippen LogP contribution in [0.3, 0.4) is 0 Å². The topological polar surface area (TPSA) is 104 Å². The molecule has 164 valence electrons. The van der Waals surface area contributed by atoms with Gasteiger partial charge in [-0.15, -0.1) is 0 Å². The van der Waals surface area contributed by atoms with Crippen molar-refractivity contribution in [1.29, 1.82) is 0 Å². The van der Waals surface area contributed by atoms with Crippen LogP contribution in [0.25, 0.3) is 21.8 Å². The van der Waals surface area contributed by atoms with Crippen LogP contribution in [0.4, 0.5) is 4.79 Å². The highest BCUT2D eigenvalue weighted by Gasteiger charge is 2.21. The molecule has 0 fully saturated rings. The monoisotopic (exact) mass is 434 g/mol. The summed E-state index contributed by atoms with van der Waals surface area (Å²) in [5.41, 5.74) is 6.92. The van der Waals surface area contributed by atoms with Crippen molar-refractivity contribution < 1.29 is 23.9 Å². The minimum atomic E-state index is -0.663. The van der Waals surface area contributed by atoms with E-state index in [1.54, 1.807) is 50.2 Å². The van der Waals surface area contributed by atoms with Crippen LogP contribution in [0.15, 0.2) is 60.7 Å². The fourth-order valence-electron chi connectivity index (χ4n) is 3.49. The number of nitrogens with zero attached hydrogens (tertiary/aromatic N) is 2. The number of carbonyl (C=O) groups is 3. The molecule has 0 aliphatic carbocycles. The number of fused-ring (bicyclic) bond motifs is 2. The number of aromatic nitrogens is 2. The lowest BCUT2D eigenvalue weighted by atomic mass is 10.2. The Balaban J connectivity index is 1.69. The summed E-state index contributed by atoms with van der Waals surface area (Å²) in [5, 5.41) is 1.52. The SMILES string of the molecule is CCOC(=O)c1cc2ccccc2n1NC(=O)Nn1c(C(=O)OCC)cc2ccccc21. The Kier molecular flexibility index (Phi) is 5.80. The number of para-hydroxylation sites is 2. The second-order valence-corrected chi connectivity index (χ2v) is 6.84. The first-order valence-electron chi connectivity index (χ1n) is 10.2. The average Bonchev–Trinajstić information content (AvgIpc) is 3.33. The standard InChI is InChI=1S/C23H22N4O5/c1-3-31-21(28)19-13-15-9-5-7-11-17(15)26(19)24-23(30)25-27-18-12-8-6-10-16(18)14-20(27)22(29)32-4-2/h5-14H,3-4H2,1-2H3,(H2,24,25,30). The second kappa shape index (κ2) is 8.84. The number of hydrogen-bond donors (Lipinski definition) is 2. The molecule has 2 heterocycles. The van der Waals surface area contributed by atoms with Crippen molar-refractivity contribution in [1.82, 2.24) is 9.35 Å². The number of amides is 2. The molecule has 0 radical (unpaired) electrons. The number of benzene rings is 2. The van der Waals surface area contributed by atoms with Crippen molar-refractivity contribution in [3.63, 3.8) is 0 Å². The minimum Gasteiger partial charge on any atom is -0.461 e. The third kappa shape index (κ3) is 3.87. The molecule has 2 aromatic heterocycles. The lowest BCUT2D eigenvalue weighted by Gasteiger charge is -2.15. The molecule has 0 aliphatic heterocycles. The molecule has 2 amide bonds. The van der Waals surface area contributed by atoms with Crippen LogP contribution in [-0.2, 0) is 9.47 Å². The Morgan fingerprint density at radius 2 is 1.12 bits per heavy atom. The second-order valence-electron chi connectivity index (χ2n) is 6.84. The van der Waals surface area contributed by atoms with Gasteiger partial charge >= 0.3 is 18.0 Å². The molecule has 0 atom stereocenters. The molecule has 0 saturated carbocycles. The molecule has 9 nitrogen and oxygen atoms in total. The van der Waals surface area contributed by atoms with Crippen molar-refractivity contribution in [3.05, 3.63) is 72.1 Å². The summed E-state index contributed by atoms with van der Waals surface area (Å²) in [7, 11) is 0. The van der Waals surface area contributed by atoms with Gasteiger partial charge in [-0.25, -0.2) is 34.6 Å². The lowest BCUT2D eigenvalue weighted by molar-refractivity contribution is 0.0507. The summed E-state index contributed by atoms with van der Waals surface area (Å²) in [5.74, 6) is -1.13. The molecule has 2 aromatic carbocycles. The largest absolute Gasteiger partial charge is 0.461 e. The van der Waals surface area contributed by atoms with Gasteiger partial charge in [0.25, 0.3) is 0 Å². The van der Waals surface area contributed by atoms with E-state index in [9.17, 15) is 14.4 Å². The lowest BCUT2D eigenvalue weighted by Crippen LogP contribution is -2.35. The summed E-state index contributed by atoms with van der Waals surface area (Å²) in [6.07, 6.45) is 0. The minimum absolute atomic E-state index is 0.172. The Morgan fingerprint density at radius 1 is 0.719 bits per heavy atom. The highest BCUT2D eigenvalue weighted by Crippen LogP contribution is 2.21. The maximum Gasteiger partial charge on any atom is 0.356 e.